The zero-order valence-electron chi connectivity index (χ0n) is 26.6. The molecule has 0 saturated heterocycles. The lowest BCUT2D eigenvalue weighted by Gasteiger charge is -2.17. The van der Waals surface area contributed by atoms with E-state index in [4.69, 9.17) is 9.47 Å². The monoisotopic (exact) mass is 592 g/mol. The van der Waals surface area contributed by atoms with E-state index in [0.29, 0.717) is 22.4 Å². The van der Waals surface area contributed by atoms with Crippen LogP contribution < -0.4 is 9.47 Å². The molecule has 1 fully saturated rings. The van der Waals surface area contributed by atoms with Gasteiger partial charge in [-0.25, -0.2) is 0 Å². The van der Waals surface area contributed by atoms with Crippen LogP contribution in [-0.4, -0.2) is 53.8 Å². The van der Waals surface area contributed by atoms with Crippen LogP contribution in [0.1, 0.15) is 79.9 Å². The fourth-order valence-corrected chi connectivity index (χ4v) is 4.89. The Kier molecular flexibility index (Phi) is 16.1. The van der Waals surface area contributed by atoms with Gasteiger partial charge in [0.15, 0.2) is 10.9 Å². The standard InChI is InChI=1S/C24H25N3O3S.C6H13N.C2H6.C2H4/c1-15(2)27-23(18-5-6-18)25-26-24(27)31-22(17-9-13-20(30-4)14-10-17)21(28)16-7-11-19(29-3)12-8-16;1-5-6(2)7(3)4;2*1-2/h7-14,18,22H,1,5-6H2,2-4H3;2,5H2,1,3-4H3;1-2H3;1-2H2. The molecule has 0 spiro atoms. The van der Waals surface area contributed by atoms with Crippen molar-refractivity contribution >= 4 is 23.2 Å². The van der Waals surface area contributed by atoms with Gasteiger partial charge in [-0.05, 0) is 68.1 Å². The number of hydrogen-bond acceptors (Lipinski definition) is 7. The molecule has 3 aromatic rings. The number of hydrogen-bond donors (Lipinski definition) is 0. The second-order valence-corrected chi connectivity index (χ2v) is 10.4. The number of benzene rings is 2. The molecule has 1 atom stereocenters. The van der Waals surface area contributed by atoms with E-state index in [1.165, 1.54) is 17.5 Å². The molecule has 1 heterocycles. The molecule has 0 bridgehead atoms. The minimum Gasteiger partial charge on any atom is -0.497 e. The van der Waals surface area contributed by atoms with Gasteiger partial charge in [-0.2, -0.15) is 0 Å². The van der Waals surface area contributed by atoms with E-state index >= 15 is 0 Å². The third-order valence-corrected chi connectivity index (χ3v) is 7.47. The quantitative estimate of drug-likeness (QED) is 0.125. The maximum atomic E-state index is 13.6. The first-order chi connectivity index (χ1) is 20.2. The average molecular weight is 593 g/mol. The number of ketones is 1. The zero-order chi connectivity index (χ0) is 31.8. The van der Waals surface area contributed by atoms with Crippen LogP contribution in [0, 0.1) is 0 Å². The highest BCUT2D eigenvalue weighted by Gasteiger charge is 2.33. The fourth-order valence-electron chi connectivity index (χ4n) is 3.70. The first-order valence-corrected chi connectivity index (χ1v) is 15.0. The highest BCUT2D eigenvalue weighted by molar-refractivity contribution is 8.00. The van der Waals surface area contributed by atoms with E-state index in [2.05, 4.69) is 43.4 Å². The molecule has 1 aromatic heterocycles. The van der Waals surface area contributed by atoms with E-state index in [1.807, 2.05) is 68.6 Å². The van der Waals surface area contributed by atoms with Gasteiger partial charge in [-0.1, -0.05) is 57.8 Å². The van der Waals surface area contributed by atoms with Gasteiger partial charge in [-0.3, -0.25) is 9.36 Å². The molecule has 4 rings (SSSR count). The molecule has 1 aliphatic rings. The molecular formula is C34H48N4O3S. The molecule has 42 heavy (non-hydrogen) atoms. The normalized spacial score (nSPS) is 12.1. The van der Waals surface area contributed by atoms with Gasteiger partial charge in [-0.15, -0.1) is 23.4 Å². The van der Waals surface area contributed by atoms with Gasteiger partial charge >= 0.3 is 0 Å². The number of aromatic nitrogens is 3. The van der Waals surface area contributed by atoms with E-state index < -0.39 is 5.25 Å². The molecule has 0 amide bonds. The topological polar surface area (TPSA) is 69.5 Å². The van der Waals surface area contributed by atoms with Crippen molar-refractivity contribution in [1.82, 2.24) is 19.7 Å². The summed E-state index contributed by atoms with van der Waals surface area (Å²) in [6.45, 7) is 21.9. The Bertz CT molecular complexity index is 1260. The van der Waals surface area contributed by atoms with Gasteiger partial charge in [0.05, 0.1) is 14.2 Å². The summed E-state index contributed by atoms with van der Waals surface area (Å²) in [6.07, 6.45) is 3.28. The lowest BCUT2D eigenvalue weighted by molar-refractivity contribution is 0.0989. The Morgan fingerprint density at radius 1 is 0.976 bits per heavy atom. The van der Waals surface area contributed by atoms with Crippen molar-refractivity contribution < 1.29 is 14.3 Å². The van der Waals surface area contributed by atoms with Crippen LogP contribution in [0.4, 0.5) is 0 Å². The summed E-state index contributed by atoms with van der Waals surface area (Å²) < 4.78 is 12.5. The Morgan fingerprint density at radius 3 is 1.86 bits per heavy atom. The summed E-state index contributed by atoms with van der Waals surface area (Å²) in [5.74, 6) is 2.80. The highest BCUT2D eigenvalue weighted by Crippen LogP contribution is 2.43. The van der Waals surface area contributed by atoms with Crippen molar-refractivity contribution in [2.45, 2.75) is 63.3 Å². The molecule has 0 radical (unpaired) electrons. The van der Waals surface area contributed by atoms with Gasteiger partial charge in [0, 0.05) is 37.0 Å². The predicted octanol–water partition coefficient (Wildman–Crippen LogP) is 8.68. The molecule has 2 aromatic carbocycles. The maximum absolute atomic E-state index is 13.6. The van der Waals surface area contributed by atoms with Crippen molar-refractivity contribution in [2.24, 2.45) is 0 Å². The number of carbonyl (C=O) groups is 1. The molecular weight excluding hydrogens is 544 g/mol. The fraction of sp³-hybridized carbons (Fsp3) is 0.382. The number of carbonyl (C=O) groups excluding carboxylic acids is 1. The number of rotatable bonds is 11. The first-order valence-electron chi connectivity index (χ1n) is 14.1. The second kappa shape index (κ2) is 18.6. The van der Waals surface area contributed by atoms with Gasteiger partial charge in [0.2, 0.25) is 0 Å². The molecule has 0 N–H and O–H groups in total. The Hall–Kier alpha value is -3.78. The van der Waals surface area contributed by atoms with E-state index in [0.717, 1.165) is 42.1 Å². The Morgan fingerprint density at radius 2 is 1.48 bits per heavy atom. The van der Waals surface area contributed by atoms with E-state index in [9.17, 15) is 4.79 Å². The summed E-state index contributed by atoms with van der Waals surface area (Å²) in [5.41, 5.74) is 3.51. The smallest absolute Gasteiger partial charge is 0.196 e. The van der Waals surface area contributed by atoms with Crippen molar-refractivity contribution in [1.29, 1.82) is 0 Å². The van der Waals surface area contributed by atoms with Crippen LogP contribution in [0.2, 0.25) is 0 Å². The zero-order valence-corrected chi connectivity index (χ0v) is 27.5. The van der Waals surface area contributed by atoms with Crippen molar-refractivity contribution in [2.75, 3.05) is 28.3 Å². The summed E-state index contributed by atoms with van der Waals surface area (Å²) >= 11 is 1.40. The lowest BCUT2D eigenvalue weighted by Crippen LogP contribution is -2.11. The van der Waals surface area contributed by atoms with Crippen molar-refractivity contribution in [3.05, 3.63) is 97.5 Å². The minimum absolute atomic E-state index is 0.0120. The summed E-state index contributed by atoms with van der Waals surface area (Å²) in [7, 11) is 7.24. The van der Waals surface area contributed by atoms with Crippen LogP contribution in [0.25, 0.3) is 5.70 Å². The largest absolute Gasteiger partial charge is 0.497 e. The van der Waals surface area contributed by atoms with Crippen LogP contribution in [0.3, 0.4) is 0 Å². The number of Topliss-reactive ketones (excluding diaryl/α,β-unsaturated/α-hetero) is 1. The van der Waals surface area contributed by atoms with Gasteiger partial charge in [0.25, 0.3) is 0 Å². The average Bonchev–Trinajstić information content (AvgIpc) is 3.80. The second-order valence-electron chi connectivity index (χ2n) is 9.36. The van der Waals surface area contributed by atoms with Crippen LogP contribution in [-0.2, 0) is 0 Å². The molecule has 1 unspecified atom stereocenters. The number of allylic oxidation sites excluding steroid dienone is 2. The maximum Gasteiger partial charge on any atom is 0.196 e. The molecule has 7 nitrogen and oxygen atoms in total. The molecule has 1 saturated carbocycles. The van der Waals surface area contributed by atoms with Crippen LogP contribution in [0.5, 0.6) is 11.5 Å². The number of thioether (sulfide) groups is 1. The molecule has 228 valence electrons. The van der Waals surface area contributed by atoms with Crippen molar-refractivity contribution in [3.63, 3.8) is 0 Å². The molecule has 8 heteroatoms. The van der Waals surface area contributed by atoms with Crippen LogP contribution in [0.15, 0.2) is 85.7 Å². The predicted molar refractivity (Wildman–Crippen MR) is 178 cm³/mol. The minimum atomic E-state index is -0.492. The Labute approximate surface area is 257 Å². The Balaban J connectivity index is 0.000000696. The third kappa shape index (κ3) is 10.2. The van der Waals surface area contributed by atoms with E-state index in [-0.39, 0.29) is 5.78 Å². The van der Waals surface area contributed by atoms with Gasteiger partial charge < -0.3 is 14.4 Å². The number of nitrogens with zero attached hydrogens (tertiary/aromatic N) is 4. The summed E-state index contributed by atoms with van der Waals surface area (Å²) in [6, 6.07) is 14.7. The first kappa shape index (κ1) is 36.2. The van der Waals surface area contributed by atoms with E-state index in [1.54, 1.807) is 38.5 Å². The van der Waals surface area contributed by atoms with Gasteiger partial charge in [0.1, 0.15) is 22.6 Å². The lowest BCUT2D eigenvalue weighted by atomic mass is 10.0. The summed E-state index contributed by atoms with van der Waals surface area (Å²) in [4.78, 5) is 15.6. The van der Waals surface area contributed by atoms with Crippen LogP contribution >= 0.6 is 11.8 Å². The molecule has 0 aliphatic heterocycles. The summed E-state index contributed by atoms with van der Waals surface area (Å²) in [5, 5.41) is 9.02. The number of methoxy groups -OCH3 is 2. The third-order valence-electron chi connectivity index (χ3n) is 6.28. The highest BCUT2D eigenvalue weighted by atomic mass is 32.2. The SMILES string of the molecule is C=C.C=C(C)n1c(SC(C(=O)c2ccc(OC)cc2)c2ccc(OC)cc2)nnc1C1CC1.C=C(CC)N(C)C.CC. The van der Waals surface area contributed by atoms with Crippen molar-refractivity contribution in [3.8, 4) is 11.5 Å². The molecule has 1 aliphatic carbocycles. The number of ether oxygens (including phenoxy) is 2.